The van der Waals surface area contributed by atoms with E-state index in [-0.39, 0.29) is 28.5 Å². The molecule has 3 atom stereocenters. The lowest BCUT2D eigenvalue weighted by Gasteiger charge is -2.23. The number of nitrogens with two attached hydrogens (primary N) is 1. The fourth-order valence-electron chi connectivity index (χ4n) is 6.03. The number of imidazole rings is 1. The van der Waals surface area contributed by atoms with Crippen LogP contribution in [0.1, 0.15) is 136 Å². The average Bonchev–Trinajstić information content (AvgIpc) is 3.51. The number of aromatic nitrogens is 4. The van der Waals surface area contributed by atoms with Crippen LogP contribution in [-0.2, 0) is 55.0 Å². The van der Waals surface area contributed by atoms with Gasteiger partial charge in [0, 0.05) is 5.75 Å². The van der Waals surface area contributed by atoms with Gasteiger partial charge >= 0.3 is 13.8 Å². The largest absolute Gasteiger partial charge is 0.510 e. The van der Waals surface area contributed by atoms with E-state index in [4.69, 9.17) is 40.2 Å². The van der Waals surface area contributed by atoms with Crippen LogP contribution in [0.4, 0.5) is 10.6 Å². The first-order valence-corrected chi connectivity index (χ1v) is 23.1. The third-order valence-electron chi connectivity index (χ3n) is 8.97. The minimum absolute atomic E-state index is 0.159. The molecule has 15 heteroatoms. The number of fused-ring (bicyclic) bond motifs is 1. The fraction of sp³-hybridized carbons (Fsp3) is 0.829. The van der Waals surface area contributed by atoms with E-state index in [0.717, 1.165) is 44.3 Å². The molecule has 0 amide bonds. The molecule has 1 saturated carbocycles. The first kappa shape index (κ1) is 42.7. The normalized spacial score (nSPS) is 16.3. The van der Waals surface area contributed by atoms with Crippen LogP contribution in [0.15, 0.2) is 12.7 Å². The second-order valence-electron chi connectivity index (χ2n) is 13.3. The zero-order valence-electron chi connectivity index (χ0n) is 30.5. The van der Waals surface area contributed by atoms with E-state index in [9.17, 15) is 9.36 Å². The number of hydrogen-bond acceptors (Lipinski definition) is 12. The Morgan fingerprint density at radius 2 is 1.58 bits per heavy atom. The number of carbonyl (C=O) groups is 1. The Balaban J connectivity index is 1.34. The van der Waals surface area contributed by atoms with Gasteiger partial charge in [0.15, 0.2) is 11.5 Å². The number of hydrogen-bond donors (Lipinski definition) is 1. The fourth-order valence-corrected chi connectivity index (χ4v) is 8.95. The number of nitrogens with zero attached hydrogens (tertiary/aromatic N) is 4. The van der Waals surface area contributed by atoms with Crippen molar-refractivity contribution in [2.24, 2.45) is 0 Å². The summed E-state index contributed by atoms with van der Waals surface area (Å²) in [6.45, 7) is 4.06. The van der Waals surface area contributed by atoms with E-state index in [1.165, 1.54) is 89.8 Å². The number of unbranched alkanes of at least 4 members (excludes halogenated alkanes) is 13. The maximum Gasteiger partial charge on any atom is 0.510 e. The van der Waals surface area contributed by atoms with E-state index in [1.807, 2.05) is 6.92 Å². The number of anilines is 1. The highest BCUT2D eigenvalue weighted by atomic mass is 32.8. The minimum atomic E-state index is -3.80. The highest BCUT2D eigenvalue weighted by Crippen LogP contribution is 2.48. The van der Waals surface area contributed by atoms with Gasteiger partial charge in [-0.3, -0.25) is 9.09 Å². The number of rotatable bonds is 28. The third-order valence-corrected chi connectivity index (χ3v) is 12.9. The maximum absolute atomic E-state index is 13.7. The summed E-state index contributed by atoms with van der Waals surface area (Å²) < 4.78 is 43.2. The first-order valence-electron chi connectivity index (χ1n) is 18.9. The summed E-state index contributed by atoms with van der Waals surface area (Å²) >= 11 is 5.71. The monoisotopic (exact) mass is 759 g/mol. The zero-order chi connectivity index (χ0) is 35.9. The van der Waals surface area contributed by atoms with Gasteiger partial charge in [-0.05, 0) is 44.8 Å². The smallest absolute Gasteiger partial charge is 0.431 e. The van der Waals surface area contributed by atoms with Crippen molar-refractivity contribution in [1.29, 1.82) is 0 Å². The first-order chi connectivity index (χ1) is 24.3. The molecule has 286 valence electrons. The van der Waals surface area contributed by atoms with E-state index >= 15 is 0 Å². The summed E-state index contributed by atoms with van der Waals surface area (Å²) in [6.07, 6.45) is 24.6. The van der Waals surface area contributed by atoms with Crippen molar-refractivity contribution in [3.05, 3.63) is 12.7 Å². The predicted molar refractivity (Wildman–Crippen MR) is 204 cm³/mol. The van der Waals surface area contributed by atoms with Crippen molar-refractivity contribution in [1.82, 2.24) is 19.5 Å². The molecule has 1 fully saturated rings. The standard InChI is InChI=1S/C35H62N5O7PS2/c1-3-4-5-6-7-8-9-10-11-12-13-14-15-19-23-50(49)24-22-45-48(42,46-28-43-35(41)47-31-20-17-16-18-21-31)29-44-30(2)25-40-27-39-32-33(36)37-26-38-34(32)40/h26-27,30-31H,3-25,28-29H2,1-2H3,(H2,36,37,38)/t30-,48+,50?/m1/s1. The van der Waals surface area contributed by atoms with E-state index in [2.05, 4.69) is 21.9 Å². The molecule has 0 saturated heterocycles. The van der Waals surface area contributed by atoms with Crippen LogP contribution in [0, 0.1) is 0 Å². The molecule has 2 aromatic rings. The summed E-state index contributed by atoms with van der Waals surface area (Å²) in [5, 5.41) is 0. The van der Waals surface area contributed by atoms with Crippen LogP contribution in [0.3, 0.4) is 0 Å². The second-order valence-corrected chi connectivity index (χ2v) is 18.4. The Kier molecular flexibility index (Phi) is 21.6. The topological polar surface area (TPSA) is 150 Å². The number of carbonyl (C=O) groups excluding carboxylic acids is 1. The number of nitrogen functional groups attached to an aromatic ring is 1. The van der Waals surface area contributed by atoms with Crippen molar-refractivity contribution in [3.8, 4) is 0 Å². The van der Waals surface area contributed by atoms with Gasteiger partial charge in [0.2, 0.25) is 6.79 Å². The highest BCUT2D eigenvalue weighted by Gasteiger charge is 2.28. The van der Waals surface area contributed by atoms with Crippen LogP contribution < -0.4 is 5.73 Å². The summed E-state index contributed by atoms with van der Waals surface area (Å²) in [5.41, 5.74) is 6.98. The second kappa shape index (κ2) is 25.3. The Morgan fingerprint density at radius 3 is 2.24 bits per heavy atom. The minimum Gasteiger partial charge on any atom is -0.431 e. The summed E-state index contributed by atoms with van der Waals surface area (Å²) in [6, 6.07) is 0. The van der Waals surface area contributed by atoms with E-state index in [0.29, 0.717) is 29.3 Å². The lowest BCUT2D eigenvalue weighted by atomic mass is 9.98. The van der Waals surface area contributed by atoms with E-state index < -0.39 is 26.6 Å². The molecule has 3 rings (SSSR count). The van der Waals surface area contributed by atoms with Gasteiger partial charge in [-0.1, -0.05) is 108 Å². The van der Waals surface area contributed by atoms with Crippen molar-refractivity contribution < 1.29 is 32.6 Å². The maximum atomic E-state index is 13.7. The molecule has 0 bridgehead atoms. The lowest BCUT2D eigenvalue weighted by Crippen LogP contribution is -2.22. The summed E-state index contributed by atoms with van der Waals surface area (Å²) in [7, 11) is -4.09. The summed E-state index contributed by atoms with van der Waals surface area (Å²) in [4.78, 5) is 24.7. The van der Waals surface area contributed by atoms with E-state index in [1.54, 1.807) is 10.9 Å². The molecule has 2 aromatic heterocycles. The molecule has 0 aromatic carbocycles. The van der Waals surface area contributed by atoms with Crippen molar-refractivity contribution in [2.45, 2.75) is 155 Å². The summed E-state index contributed by atoms with van der Waals surface area (Å²) in [5.74, 6) is 1.82. The van der Waals surface area contributed by atoms with Gasteiger partial charge < -0.3 is 29.0 Å². The lowest BCUT2D eigenvalue weighted by molar-refractivity contribution is -0.0294. The molecule has 0 radical (unpaired) electrons. The van der Waals surface area contributed by atoms with Gasteiger partial charge in [-0.15, -0.1) is 9.45 Å². The van der Waals surface area contributed by atoms with Crippen LogP contribution >= 0.6 is 7.60 Å². The third kappa shape index (κ3) is 17.7. The number of ether oxygens (including phenoxy) is 3. The predicted octanol–water partition coefficient (Wildman–Crippen LogP) is 9.00. The van der Waals surface area contributed by atoms with Gasteiger partial charge in [0.25, 0.3) is 0 Å². The van der Waals surface area contributed by atoms with Crippen molar-refractivity contribution in [2.75, 3.05) is 37.0 Å². The van der Waals surface area contributed by atoms with Gasteiger partial charge in [-0.2, -0.15) is 0 Å². The zero-order valence-corrected chi connectivity index (χ0v) is 33.0. The molecule has 50 heavy (non-hydrogen) atoms. The molecule has 0 spiro atoms. The van der Waals surface area contributed by atoms with Gasteiger partial charge in [-0.25, -0.2) is 19.7 Å². The van der Waals surface area contributed by atoms with Crippen LogP contribution in [0.5, 0.6) is 0 Å². The molecule has 0 aliphatic heterocycles. The van der Waals surface area contributed by atoms with Crippen LogP contribution in [0.25, 0.3) is 11.2 Å². The van der Waals surface area contributed by atoms with Gasteiger partial charge in [0.05, 0.1) is 25.6 Å². The highest BCUT2D eigenvalue weighted by molar-refractivity contribution is 8.28. The molecule has 1 aliphatic rings. The van der Waals surface area contributed by atoms with Crippen molar-refractivity contribution in [3.63, 3.8) is 0 Å². The molecular weight excluding hydrogens is 698 g/mol. The molecule has 1 unspecified atom stereocenters. The quantitative estimate of drug-likeness (QED) is 0.0382. The van der Waals surface area contributed by atoms with Crippen molar-refractivity contribution >= 4 is 51.4 Å². The molecule has 2 heterocycles. The van der Waals surface area contributed by atoms with Crippen LogP contribution in [0.2, 0.25) is 0 Å². The molecule has 2 N–H and O–H groups in total. The molecular formula is C35H62N5O7PS2. The Bertz CT molecular complexity index is 1300. The molecule has 12 nitrogen and oxygen atoms in total. The molecule has 1 aliphatic carbocycles. The van der Waals surface area contributed by atoms with Gasteiger partial charge in [0.1, 0.15) is 24.3 Å². The average molecular weight is 760 g/mol. The Morgan fingerprint density at radius 1 is 0.940 bits per heavy atom. The Hall–Kier alpha value is -1.70. The van der Waals surface area contributed by atoms with Crippen LogP contribution in [-0.4, -0.2) is 69.1 Å². The Labute approximate surface area is 306 Å². The SMILES string of the molecule is CCCCCCCCCCCCCCCCS(=S)CCO[P@@](=O)(CO[C@H](C)Cn1cnc2c(N)ncnc21)OCOC(=O)OC1CCCCC1.